The Bertz CT molecular complexity index is 635. The molecule has 2 amide bonds. The molecule has 0 unspecified atom stereocenters. The van der Waals surface area contributed by atoms with E-state index >= 15 is 0 Å². The fourth-order valence-corrected chi connectivity index (χ4v) is 2.20. The Morgan fingerprint density at radius 2 is 1.71 bits per heavy atom. The first-order valence-electron chi connectivity index (χ1n) is 7.23. The summed E-state index contributed by atoms with van der Waals surface area (Å²) in [7, 11) is 0. The molecular formula is C18H22N2O. The number of amides is 2. The summed E-state index contributed by atoms with van der Waals surface area (Å²) in [6, 6.07) is 14.0. The highest BCUT2D eigenvalue weighted by Gasteiger charge is 2.03. The zero-order valence-corrected chi connectivity index (χ0v) is 12.9. The van der Waals surface area contributed by atoms with Crippen molar-refractivity contribution in [2.75, 3.05) is 11.9 Å². The largest absolute Gasteiger partial charge is 0.338 e. The van der Waals surface area contributed by atoms with E-state index in [1.165, 1.54) is 22.3 Å². The first-order chi connectivity index (χ1) is 10.1. The second-order valence-corrected chi connectivity index (χ2v) is 5.36. The highest BCUT2D eigenvalue weighted by Crippen LogP contribution is 2.14. The summed E-state index contributed by atoms with van der Waals surface area (Å²) in [6.07, 6.45) is 0.840. The second-order valence-electron chi connectivity index (χ2n) is 5.36. The SMILES string of the molecule is Cc1ccc(NC(=O)NCCc2ccccc2C)cc1C. The van der Waals surface area contributed by atoms with Gasteiger partial charge in [0.2, 0.25) is 0 Å². The molecule has 0 aliphatic heterocycles. The number of carbonyl (C=O) groups is 1. The molecule has 0 aliphatic carbocycles. The molecule has 0 spiro atoms. The lowest BCUT2D eigenvalue weighted by molar-refractivity contribution is 0.252. The van der Waals surface area contributed by atoms with Crippen LogP contribution in [-0.4, -0.2) is 12.6 Å². The van der Waals surface area contributed by atoms with E-state index in [1.54, 1.807) is 0 Å². The third-order valence-corrected chi connectivity index (χ3v) is 3.71. The summed E-state index contributed by atoms with van der Waals surface area (Å²) in [5, 5.41) is 5.75. The van der Waals surface area contributed by atoms with Crippen molar-refractivity contribution >= 4 is 11.7 Å². The Labute approximate surface area is 126 Å². The normalized spacial score (nSPS) is 10.2. The molecule has 2 aromatic rings. The minimum absolute atomic E-state index is 0.160. The number of rotatable bonds is 4. The predicted octanol–water partition coefficient (Wildman–Crippen LogP) is 3.98. The molecule has 0 bridgehead atoms. The quantitative estimate of drug-likeness (QED) is 0.875. The molecule has 2 aromatic carbocycles. The summed E-state index contributed by atoms with van der Waals surface area (Å²) in [5.74, 6) is 0. The first kappa shape index (κ1) is 15.1. The van der Waals surface area contributed by atoms with Crippen LogP contribution in [0.25, 0.3) is 0 Å². The van der Waals surface area contributed by atoms with Crippen molar-refractivity contribution in [3.8, 4) is 0 Å². The molecule has 2 N–H and O–H groups in total. The molecule has 3 heteroatoms. The van der Waals surface area contributed by atoms with E-state index in [-0.39, 0.29) is 6.03 Å². The van der Waals surface area contributed by atoms with Crippen LogP contribution in [0, 0.1) is 20.8 Å². The smallest absolute Gasteiger partial charge is 0.319 e. The molecule has 21 heavy (non-hydrogen) atoms. The van der Waals surface area contributed by atoms with Crippen LogP contribution in [0.2, 0.25) is 0 Å². The van der Waals surface area contributed by atoms with Gasteiger partial charge in [0.05, 0.1) is 0 Å². The van der Waals surface area contributed by atoms with Crippen molar-refractivity contribution in [1.29, 1.82) is 0 Å². The minimum atomic E-state index is -0.160. The molecule has 0 aromatic heterocycles. The molecule has 0 saturated carbocycles. The van der Waals surface area contributed by atoms with Crippen LogP contribution in [0.5, 0.6) is 0 Å². The van der Waals surface area contributed by atoms with Crippen molar-refractivity contribution in [2.45, 2.75) is 27.2 Å². The van der Waals surface area contributed by atoms with E-state index in [9.17, 15) is 4.79 Å². The zero-order valence-electron chi connectivity index (χ0n) is 12.9. The predicted molar refractivity (Wildman–Crippen MR) is 87.8 cm³/mol. The Morgan fingerprint density at radius 3 is 2.43 bits per heavy atom. The van der Waals surface area contributed by atoms with Gasteiger partial charge in [-0.05, 0) is 61.6 Å². The lowest BCUT2D eigenvalue weighted by Crippen LogP contribution is -2.30. The maximum absolute atomic E-state index is 11.9. The van der Waals surface area contributed by atoms with Gasteiger partial charge in [-0.3, -0.25) is 0 Å². The summed E-state index contributed by atoms with van der Waals surface area (Å²) >= 11 is 0. The van der Waals surface area contributed by atoms with Crippen molar-refractivity contribution in [2.24, 2.45) is 0 Å². The molecule has 0 fully saturated rings. The topological polar surface area (TPSA) is 41.1 Å². The molecular weight excluding hydrogens is 260 g/mol. The third kappa shape index (κ3) is 4.35. The lowest BCUT2D eigenvalue weighted by atomic mass is 10.1. The van der Waals surface area contributed by atoms with Gasteiger partial charge in [-0.2, -0.15) is 0 Å². The molecule has 0 atom stereocenters. The van der Waals surface area contributed by atoms with Gasteiger partial charge in [0.1, 0.15) is 0 Å². The molecule has 110 valence electrons. The van der Waals surface area contributed by atoms with Crippen molar-refractivity contribution in [1.82, 2.24) is 5.32 Å². The molecule has 0 aliphatic rings. The fraction of sp³-hybridized carbons (Fsp3) is 0.278. The monoisotopic (exact) mass is 282 g/mol. The van der Waals surface area contributed by atoms with Gasteiger partial charge >= 0.3 is 6.03 Å². The van der Waals surface area contributed by atoms with E-state index in [1.807, 2.05) is 37.3 Å². The van der Waals surface area contributed by atoms with Gasteiger partial charge in [0.25, 0.3) is 0 Å². The van der Waals surface area contributed by atoms with E-state index < -0.39 is 0 Å². The number of hydrogen-bond acceptors (Lipinski definition) is 1. The van der Waals surface area contributed by atoms with Gasteiger partial charge in [0.15, 0.2) is 0 Å². The fourth-order valence-electron chi connectivity index (χ4n) is 2.20. The number of hydrogen-bond donors (Lipinski definition) is 2. The minimum Gasteiger partial charge on any atom is -0.338 e. The second kappa shape index (κ2) is 6.93. The number of carbonyl (C=O) groups excluding carboxylic acids is 1. The van der Waals surface area contributed by atoms with Gasteiger partial charge < -0.3 is 10.6 Å². The number of benzene rings is 2. The Hall–Kier alpha value is -2.29. The Morgan fingerprint density at radius 1 is 0.952 bits per heavy atom. The first-order valence-corrected chi connectivity index (χ1v) is 7.23. The van der Waals surface area contributed by atoms with Gasteiger partial charge in [-0.1, -0.05) is 30.3 Å². The van der Waals surface area contributed by atoms with Gasteiger partial charge in [0, 0.05) is 12.2 Å². The summed E-state index contributed by atoms with van der Waals surface area (Å²) in [6.45, 7) is 6.81. The molecule has 0 radical (unpaired) electrons. The van der Waals surface area contributed by atoms with E-state index in [0.29, 0.717) is 6.54 Å². The highest BCUT2D eigenvalue weighted by atomic mass is 16.2. The van der Waals surface area contributed by atoms with Gasteiger partial charge in [-0.25, -0.2) is 4.79 Å². The lowest BCUT2D eigenvalue weighted by Gasteiger charge is -2.10. The molecule has 3 nitrogen and oxygen atoms in total. The van der Waals surface area contributed by atoms with E-state index in [0.717, 1.165) is 12.1 Å². The Balaban J connectivity index is 1.82. The summed E-state index contributed by atoms with van der Waals surface area (Å²) in [4.78, 5) is 11.9. The van der Waals surface area contributed by atoms with E-state index in [2.05, 4.69) is 36.6 Å². The van der Waals surface area contributed by atoms with Crippen LogP contribution in [0.4, 0.5) is 10.5 Å². The van der Waals surface area contributed by atoms with Crippen molar-refractivity contribution < 1.29 is 4.79 Å². The molecule has 0 saturated heterocycles. The van der Waals surface area contributed by atoms with Crippen molar-refractivity contribution in [3.05, 3.63) is 64.7 Å². The highest BCUT2D eigenvalue weighted by molar-refractivity contribution is 5.89. The average molecular weight is 282 g/mol. The number of urea groups is 1. The maximum Gasteiger partial charge on any atom is 0.319 e. The standard InChI is InChI=1S/C18H22N2O/c1-13-8-9-17(12-15(13)3)20-18(21)19-11-10-16-7-5-4-6-14(16)2/h4-9,12H,10-11H2,1-3H3,(H2,19,20,21). The maximum atomic E-state index is 11.9. The third-order valence-electron chi connectivity index (χ3n) is 3.71. The number of aryl methyl sites for hydroxylation is 3. The molecule has 2 rings (SSSR count). The van der Waals surface area contributed by atoms with Crippen LogP contribution in [0.15, 0.2) is 42.5 Å². The Kier molecular flexibility index (Phi) is 4.99. The zero-order chi connectivity index (χ0) is 15.2. The molecule has 0 heterocycles. The number of anilines is 1. The average Bonchev–Trinajstić information content (AvgIpc) is 2.45. The van der Waals surface area contributed by atoms with Crippen LogP contribution >= 0.6 is 0 Å². The van der Waals surface area contributed by atoms with E-state index in [4.69, 9.17) is 0 Å². The van der Waals surface area contributed by atoms with Gasteiger partial charge in [-0.15, -0.1) is 0 Å². The van der Waals surface area contributed by atoms with Crippen molar-refractivity contribution in [3.63, 3.8) is 0 Å². The summed E-state index contributed by atoms with van der Waals surface area (Å²) < 4.78 is 0. The van der Waals surface area contributed by atoms with Crippen LogP contribution in [-0.2, 0) is 6.42 Å². The summed E-state index contributed by atoms with van der Waals surface area (Å²) in [5.41, 5.74) is 5.75. The number of nitrogens with one attached hydrogen (secondary N) is 2. The van der Waals surface area contributed by atoms with Crippen LogP contribution in [0.3, 0.4) is 0 Å². The van der Waals surface area contributed by atoms with Crippen LogP contribution < -0.4 is 10.6 Å². The van der Waals surface area contributed by atoms with Crippen LogP contribution in [0.1, 0.15) is 22.3 Å².